The molecule has 0 saturated carbocycles. The molecule has 0 aromatic carbocycles. The third-order valence-corrected chi connectivity index (χ3v) is 3.04. The smallest absolute Gasteiger partial charge is 0.315 e. The van der Waals surface area contributed by atoms with Gasteiger partial charge in [0.25, 0.3) is 0 Å². The van der Waals surface area contributed by atoms with E-state index in [-0.39, 0.29) is 5.91 Å². The summed E-state index contributed by atoms with van der Waals surface area (Å²) in [6.07, 6.45) is 3.28. The Kier molecular flexibility index (Phi) is 4.12. The van der Waals surface area contributed by atoms with Gasteiger partial charge in [-0.1, -0.05) is 13.3 Å². The predicted octanol–water partition coefficient (Wildman–Crippen LogP) is 1.36. The summed E-state index contributed by atoms with van der Waals surface area (Å²) in [7, 11) is 0. The fourth-order valence-corrected chi connectivity index (χ4v) is 2.06. The Morgan fingerprint density at radius 3 is 2.73 bits per heavy atom. The Morgan fingerprint density at radius 2 is 2.20 bits per heavy atom. The Bertz CT molecular complexity index is 252. The fraction of sp³-hybridized carbons (Fsp3) is 0.818. The third-order valence-electron chi connectivity index (χ3n) is 3.04. The van der Waals surface area contributed by atoms with E-state index in [1.54, 1.807) is 4.90 Å². The molecule has 4 nitrogen and oxygen atoms in total. The number of rotatable bonds is 4. The van der Waals surface area contributed by atoms with Gasteiger partial charge in [0.15, 0.2) is 0 Å². The lowest BCUT2D eigenvalue weighted by molar-refractivity contribution is -0.149. The number of amides is 1. The van der Waals surface area contributed by atoms with Crippen LogP contribution in [0, 0.1) is 11.8 Å². The number of carbonyl (C=O) groups excluding carboxylic acids is 1. The summed E-state index contributed by atoms with van der Waals surface area (Å²) in [6.45, 7) is 5.05. The number of carboxylic acids is 1. The highest BCUT2D eigenvalue weighted by atomic mass is 16.4. The van der Waals surface area contributed by atoms with Crippen molar-refractivity contribution >= 4 is 11.9 Å². The van der Waals surface area contributed by atoms with Crippen LogP contribution in [0.5, 0.6) is 0 Å². The van der Waals surface area contributed by atoms with Gasteiger partial charge in [0.1, 0.15) is 5.92 Å². The van der Waals surface area contributed by atoms with E-state index in [4.69, 9.17) is 5.11 Å². The Labute approximate surface area is 90.3 Å². The number of hydrogen-bond donors (Lipinski definition) is 1. The summed E-state index contributed by atoms with van der Waals surface area (Å²) in [4.78, 5) is 24.0. The number of aliphatic carboxylic acids is 1. The maximum Gasteiger partial charge on any atom is 0.315 e. The second-order valence-corrected chi connectivity index (χ2v) is 4.29. The molecule has 0 bridgehead atoms. The number of likely N-dealkylation sites (tertiary alicyclic amines) is 1. The van der Waals surface area contributed by atoms with Crippen LogP contribution in [-0.2, 0) is 9.59 Å². The molecule has 15 heavy (non-hydrogen) atoms. The third kappa shape index (κ3) is 2.94. The van der Waals surface area contributed by atoms with Crippen molar-refractivity contribution in [3.05, 3.63) is 0 Å². The van der Waals surface area contributed by atoms with Crippen molar-refractivity contribution in [2.24, 2.45) is 11.8 Å². The lowest BCUT2D eigenvalue weighted by atomic mass is 10.0. The topological polar surface area (TPSA) is 57.6 Å². The maximum atomic E-state index is 11.7. The molecule has 1 heterocycles. The lowest BCUT2D eigenvalue weighted by Gasteiger charge is -2.18. The Morgan fingerprint density at radius 1 is 1.53 bits per heavy atom. The van der Waals surface area contributed by atoms with Crippen LogP contribution in [-0.4, -0.2) is 35.0 Å². The van der Waals surface area contributed by atoms with Crippen LogP contribution in [0.1, 0.15) is 33.1 Å². The summed E-state index contributed by atoms with van der Waals surface area (Å²) < 4.78 is 0. The molecule has 1 aliphatic rings. The maximum absolute atomic E-state index is 11.7. The van der Waals surface area contributed by atoms with Crippen molar-refractivity contribution in [3.63, 3.8) is 0 Å². The van der Waals surface area contributed by atoms with Crippen molar-refractivity contribution in [2.45, 2.75) is 33.1 Å². The molecule has 0 spiro atoms. The zero-order chi connectivity index (χ0) is 11.4. The van der Waals surface area contributed by atoms with Gasteiger partial charge in [-0.3, -0.25) is 9.59 Å². The molecule has 4 heteroatoms. The molecular weight excluding hydrogens is 194 g/mol. The monoisotopic (exact) mass is 213 g/mol. The minimum Gasteiger partial charge on any atom is -0.481 e. The Balaban J connectivity index is 2.46. The molecule has 86 valence electrons. The van der Waals surface area contributed by atoms with Crippen LogP contribution in [0.25, 0.3) is 0 Å². The first kappa shape index (κ1) is 12.0. The van der Waals surface area contributed by atoms with Crippen LogP contribution in [0.4, 0.5) is 0 Å². The second kappa shape index (κ2) is 5.14. The minimum absolute atomic E-state index is 0.235. The second-order valence-electron chi connectivity index (χ2n) is 4.29. The van der Waals surface area contributed by atoms with Gasteiger partial charge in [0, 0.05) is 13.1 Å². The van der Waals surface area contributed by atoms with E-state index in [1.807, 2.05) is 0 Å². The van der Waals surface area contributed by atoms with Gasteiger partial charge in [-0.25, -0.2) is 0 Å². The van der Waals surface area contributed by atoms with E-state index in [0.717, 1.165) is 32.4 Å². The number of carboxylic acid groups (broad SMARTS) is 1. The summed E-state index contributed by atoms with van der Waals surface area (Å²) in [6, 6.07) is 0. The van der Waals surface area contributed by atoms with Gasteiger partial charge in [-0.2, -0.15) is 0 Å². The molecule has 1 saturated heterocycles. The normalized spacial score (nSPS) is 22.8. The van der Waals surface area contributed by atoms with Crippen LogP contribution >= 0.6 is 0 Å². The van der Waals surface area contributed by atoms with Gasteiger partial charge in [0.05, 0.1) is 0 Å². The van der Waals surface area contributed by atoms with Crippen LogP contribution in [0.2, 0.25) is 0 Å². The predicted molar refractivity (Wildman–Crippen MR) is 56.4 cm³/mol. The SMILES string of the molecule is CCCC1CCN(C(=O)C(C)C(=O)O)C1. The first-order valence-electron chi connectivity index (χ1n) is 5.57. The molecule has 0 aliphatic carbocycles. The lowest BCUT2D eigenvalue weighted by Crippen LogP contribution is -2.36. The van der Waals surface area contributed by atoms with Crippen LogP contribution in [0.3, 0.4) is 0 Å². The number of hydrogen-bond acceptors (Lipinski definition) is 2. The molecule has 1 fully saturated rings. The van der Waals surface area contributed by atoms with Crippen molar-refractivity contribution in [2.75, 3.05) is 13.1 Å². The van der Waals surface area contributed by atoms with Crippen molar-refractivity contribution in [1.82, 2.24) is 4.90 Å². The Hall–Kier alpha value is -1.06. The number of carbonyl (C=O) groups is 2. The molecule has 0 aromatic rings. The summed E-state index contributed by atoms with van der Waals surface area (Å²) in [5, 5.41) is 8.73. The average Bonchev–Trinajstić information content (AvgIpc) is 2.64. The van der Waals surface area contributed by atoms with E-state index in [9.17, 15) is 9.59 Å². The largest absolute Gasteiger partial charge is 0.481 e. The zero-order valence-electron chi connectivity index (χ0n) is 9.40. The van der Waals surface area contributed by atoms with E-state index < -0.39 is 11.9 Å². The fourth-order valence-electron chi connectivity index (χ4n) is 2.06. The first-order valence-corrected chi connectivity index (χ1v) is 5.57. The molecule has 1 aliphatic heterocycles. The molecule has 2 atom stereocenters. The van der Waals surface area contributed by atoms with Crippen LogP contribution in [0.15, 0.2) is 0 Å². The summed E-state index contributed by atoms with van der Waals surface area (Å²) in [5.41, 5.74) is 0. The minimum atomic E-state index is -1.03. The first-order chi connectivity index (χ1) is 7.06. The zero-order valence-corrected chi connectivity index (χ0v) is 9.40. The molecule has 1 amide bonds. The van der Waals surface area contributed by atoms with Crippen molar-refractivity contribution in [3.8, 4) is 0 Å². The van der Waals surface area contributed by atoms with Gasteiger partial charge in [-0.05, 0) is 25.7 Å². The van der Waals surface area contributed by atoms with Gasteiger partial charge >= 0.3 is 5.97 Å². The molecule has 1 N–H and O–H groups in total. The summed E-state index contributed by atoms with van der Waals surface area (Å²) in [5.74, 6) is -1.59. The van der Waals surface area contributed by atoms with E-state index in [0.29, 0.717) is 5.92 Å². The van der Waals surface area contributed by atoms with Crippen LogP contribution < -0.4 is 0 Å². The van der Waals surface area contributed by atoms with E-state index in [2.05, 4.69) is 6.92 Å². The number of nitrogens with zero attached hydrogens (tertiary/aromatic N) is 1. The highest BCUT2D eigenvalue weighted by Crippen LogP contribution is 2.22. The van der Waals surface area contributed by atoms with Crippen molar-refractivity contribution < 1.29 is 14.7 Å². The molecule has 1 rings (SSSR count). The quantitative estimate of drug-likeness (QED) is 0.717. The van der Waals surface area contributed by atoms with Gasteiger partial charge in [-0.15, -0.1) is 0 Å². The van der Waals surface area contributed by atoms with Gasteiger partial charge < -0.3 is 10.0 Å². The van der Waals surface area contributed by atoms with Crippen molar-refractivity contribution in [1.29, 1.82) is 0 Å². The van der Waals surface area contributed by atoms with Gasteiger partial charge in [0.2, 0.25) is 5.91 Å². The molecule has 2 unspecified atom stereocenters. The molecule has 0 radical (unpaired) electrons. The highest BCUT2D eigenvalue weighted by Gasteiger charge is 2.31. The molecule has 0 aromatic heterocycles. The molecular formula is C11H19NO3. The standard InChI is InChI=1S/C11H19NO3/c1-3-4-9-5-6-12(7-9)10(13)8(2)11(14)15/h8-9H,3-7H2,1-2H3,(H,14,15). The summed E-state index contributed by atoms with van der Waals surface area (Å²) >= 11 is 0. The van der Waals surface area contributed by atoms with E-state index in [1.165, 1.54) is 6.92 Å². The highest BCUT2D eigenvalue weighted by molar-refractivity contribution is 5.96. The average molecular weight is 213 g/mol. The van der Waals surface area contributed by atoms with E-state index >= 15 is 0 Å².